The van der Waals surface area contributed by atoms with Gasteiger partial charge in [0.2, 0.25) is 0 Å². The van der Waals surface area contributed by atoms with Gasteiger partial charge in [0, 0.05) is 25.2 Å². The molecule has 1 aromatic carbocycles. The summed E-state index contributed by atoms with van der Waals surface area (Å²) in [7, 11) is 1.73. The van der Waals surface area contributed by atoms with E-state index in [4.69, 9.17) is 10.2 Å². The number of benzene rings is 1. The summed E-state index contributed by atoms with van der Waals surface area (Å²) in [5, 5.41) is 0. The highest BCUT2D eigenvalue weighted by molar-refractivity contribution is 5.91. The van der Waals surface area contributed by atoms with Gasteiger partial charge >= 0.3 is 0 Å². The molecule has 0 radical (unpaired) electrons. The molecule has 0 bridgehead atoms. The van der Waals surface area contributed by atoms with Crippen LogP contribution in [-0.4, -0.2) is 30.4 Å². The molecule has 4 nitrogen and oxygen atoms in total. The van der Waals surface area contributed by atoms with Crippen LogP contribution in [0.5, 0.6) is 0 Å². The molecule has 0 aliphatic carbocycles. The zero-order chi connectivity index (χ0) is 17.0. The number of hydrogen-bond acceptors (Lipinski definition) is 3. The standard InChI is InChI=1S/C18H23FN2O2/c1-12(2)15(20)10-11-21(3)18(22)17-9-8-16(23-17)13-4-6-14(19)7-5-13/h4-9,12,15H,10-11,20H2,1-3H3. The second-order valence-corrected chi connectivity index (χ2v) is 6.09. The van der Waals surface area contributed by atoms with Gasteiger partial charge < -0.3 is 15.1 Å². The van der Waals surface area contributed by atoms with Crippen LogP contribution in [-0.2, 0) is 0 Å². The van der Waals surface area contributed by atoms with E-state index < -0.39 is 0 Å². The number of furan rings is 1. The van der Waals surface area contributed by atoms with Crippen LogP contribution in [0.15, 0.2) is 40.8 Å². The van der Waals surface area contributed by atoms with E-state index in [0.29, 0.717) is 18.2 Å². The Kier molecular flexibility index (Phi) is 5.55. The molecule has 0 spiro atoms. The Hall–Kier alpha value is -2.14. The maximum atomic E-state index is 12.9. The Balaban J connectivity index is 2.01. The van der Waals surface area contributed by atoms with Crippen LogP contribution in [0.25, 0.3) is 11.3 Å². The van der Waals surface area contributed by atoms with E-state index in [-0.39, 0.29) is 23.5 Å². The zero-order valence-corrected chi connectivity index (χ0v) is 13.8. The Morgan fingerprint density at radius 2 is 1.87 bits per heavy atom. The summed E-state index contributed by atoms with van der Waals surface area (Å²) in [5.41, 5.74) is 6.74. The number of nitrogens with two attached hydrogens (primary N) is 1. The van der Waals surface area contributed by atoms with E-state index in [2.05, 4.69) is 13.8 Å². The molecule has 0 saturated heterocycles. The Morgan fingerprint density at radius 1 is 1.22 bits per heavy atom. The van der Waals surface area contributed by atoms with Crippen LogP contribution in [0.4, 0.5) is 4.39 Å². The fourth-order valence-corrected chi connectivity index (χ4v) is 2.19. The second kappa shape index (κ2) is 7.42. The van der Waals surface area contributed by atoms with E-state index in [1.807, 2.05) is 0 Å². The molecule has 0 aliphatic rings. The molecule has 1 heterocycles. The number of carbonyl (C=O) groups is 1. The Labute approximate surface area is 136 Å². The summed E-state index contributed by atoms with van der Waals surface area (Å²) in [6.07, 6.45) is 0.742. The van der Waals surface area contributed by atoms with Crippen LogP contribution in [0, 0.1) is 11.7 Å². The van der Waals surface area contributed by atoms with Crippen LogP contribution < -0.4 is 5.73 Å². The van der Waals surface area contributed by atoms with Gasteiger partial charge in [-0.25, -0.2) is 4.39 Å². The third-order valence-corrected chi connectivity index (χ3v) is 3.95. The monoisotopic (exact) mass is 318 g/mol. The summed E-state index contributed by atoms with van der Waals surface area (Å²) >= 11 is 0. The number of rotatable bonds is 6. The van der Waals surface area contributed by atoms with Gasteiger partial charge in [-0.1, -0.05) is 13.8 Å². The molecule has 124 valence electrons. The van der Waals surface area contributed by atoms with E-state index in [1.54, 1.807) is 36.2 Å². The lowest BCUT2D eigenvalue weighted by molar-refractivity contribution is 0.0758. The van der Waals surface area contributed by atoms with Crippen molar-refractivity contribution in [3.63, 3.8) is 0 Å². The third-order valence-electron chi connectivity index (χ3n) is 3.95. The summed E-state index contributed by atoms with van der Waals surface area (Å²) < 4.78 is 18.5. The van der Waals surface area contributed by atoms with Crippen molar-refractivity contribution in [3.05, 3.63) is 48.0 Å². The van der Waals surface area contributed by atoms with Crippen molar-refractivity contribution in [1.82, 2.24) is 4.90 Å². The fraction of sp³-hybridized carbons (Fsp3) is 0.389. The smallest absolute Gasteiger partial charge is 0.289 e. The molecule has 2 aromatic rings. The van der Waals surface area contributed by atoms with Gasteiger partial charge in [0.15, 0.2) is 5.76 Å². The molecule has 1 amide bonds. The van der Waals surface area contributed by atoms with Crippen molar-refractivity contribution in [3.8, 4) is 11.3 Å². The van der Waals surface area contributed by atoms with Crippen molar-refractivity contribution in [2.75, 3.05) is 13.6 Å². The maximum absolute atomic E-state index is 12.9. The predicted molar refractivity (Wildman–Crippen MR) is 88.5 cm³/mol. The number of hydrogen-bond donors (Lipinski definition) is 1. The first-order valence-corrected chi connectivity index (χ1v) is 7.75. The Morgan fingerprint density at radius 3 is 2.48 bits per heavy atom. The number of carbonyl (C=O) groups excluding carboxylic acids is 1. The van der Waals surface area contributed by atoms with Crippen LogP contribution >= 0.6 is 0 Å². The quantitative estimate of drug-likeness (QED) is 0.886. The molecular formula is C18H23FN2O2. The molecule has 1 atom stereocenters. The molecule has 1 aromatic heterocycles. The number of amides is 1. The molecule has 0 saturated carbocycles. The number of nitrogens with zero attached hydrogens (tertiary/aromatic N) is 1. The van der Waals surface area contributed by atoms with Gasteiger partial charge in [-0.05, 0) is 48.7 Å². The molecule has 0 aliphatic heterocycles. The minimum Gasteiger partial charge on any atom is -0.451 e. The third kappa shape index (κ3) is 4.42. The molecule has 2 rings (SSSR count). The first kappa shape index (κ1) is 17.2. The van der Waals surface area contributed by atoms with Crippen molar-refractivity contribution in [1.29, 1.82) is 0 Å². The highest BCUT2D eigenvalue weighted by Gasteiger charge is 2.18. The van der Waals surface area contributed by atoms with Gasteiger partial charge in [0.25, 0.3) is 5.91 Å². The average Bonchev–Trinajstić information content (AvgIpc) is 3.01. The largest absolute Gasteiger partial charge is 0.451 e. The van der Waals surface area contributed by atoms with Crippen molar-refractivity contribution in [2.24, 2.45) is 11.7 Å². The normalized spacial score (nSPS) is 12.4. The van der Waals surface area contributed by atoms with Crippen molar-refractivity contribution < 1.29 is 13.6 Å². The topological polar surface area (TPSA) is 59.5 Å². The van der Waals surface area contributed by atoms with Gasteiger partial charge in [-0.3, -0.25) is 4.79 Å². The van der Waals surface area contributed by atoms with E-state index in [9.17, 15) is 9.18 Å². The fourth-order valence-electron chi connectivity index (χ4n) is 2.19. The van der Waals surface area contributed by atoms with Crippen LogP contribution in [0.3, 0.4) is 0 Å². The Bertz CT molecular complexity index is 649. The van der Waals surface area contributed by atoms with E-state index in [0.717, 1.165) is 12.0 Å². The van der Waals surface area contributed by atoms with Gasteiger partial charge in [-0.15, -0.1) is 0 Å². The minimum atomic E-state index is -0.308. The van der Waals surface area contributed by atoms with Crippen LogP contribution in [0.2, 0.25) is 0 Å². The first-order valence-electron chi connectivity index (χ1n) is 7.75. The molecule has 0 fully saturated rings. The average molecular weight is 318 g/mol. The minimum absolute atomic E-state index is 0.0663. The molecule has 1 unspecified atom stereocenters. The summed E-state index contributed by atoms with van der Waals surface area (Å²) in [6, 6.07) is 9.38. The van der Waals surface area contributed by atoms with Gasteiger partial charge in [0.1, 0.15) is 11.6 Å². The highest BCUT2D eigenvalue weighted by atomic mass is 19.1. The molecule has 2 N–H and O–H groups in total. The molecular weight excluding hydrogens is 295 g/mol. The second-order valence-electron chi connectivity index (χ2n) is 6.09. The molecule has 23 heavy (non-hydrogen) atoms. The van der Waals surface area contributed by atoms with Crippen molar-refractivity contribution >= 4 is 5.91 Å². The molecule has 5 heteroatoms. The first-order chi connectivity index (χ1) is 10.9. The highest BCUT2D eigenvalue weighted by Crippen LogP contribution is 2.23. The lowest BCUT2D eigenvalue weighted by Crippen LogP contribution is -2.34. The van der Waals surface area contributed by atoms with Crippen LogP contribution in [0.1, 0.15) is 30.8 Å². The summed E-state index contributed by atoms with van der Waals surface area (Å²) in [5.74, 6) is 0.699. The predicted octanol–water partition coefficient (Wildman–Crippen LogP) is 3.53. The van der Waals surface area contributed by atoms with Gasteiger partial charge in [-0.2, -0.15) is 0 Å². The summed E-state index contributed by atoms with van der Waals surface area (Å²) in [4.78, 5) is 14.0. The zero-order valence-electron chi connectivity index (χ0n) is 13.8. The maximum Gasteiger partial charge on any atom is 0.289 e. The van der Waals surface area contributed by atoms with E-state index in [1.165, 1.54) is 12.1 Å². The van der Waals surface area contributed by atoms with E-state index >= 15 is 0 Å². The lowest BCUT2D eigenvalue weighted by Gasteiger charge is -2.20. The summed E-state index contributed by atoms with van der Waals surface area (Å²) in [6.45, 7) is 4.70. The lowest BCUT2D eigenvalue weighted by atomic mass is 10.0. The SMILES string of the molecule is CC(C)C(N)CCN(C)C(=O)c1ccc(-c2ccc(F)cc2)o1. The van der Waals surface area contributed by atoms with Crippen molar-refractivity contribution in [2.45, 2.75) is 26.3 Å². The van der Waals surface area contributed by atoms with Gasteiger partial charge in [0.05, 0.1) is 0 Å². The number of halogens is 1.